The van der Waals surface area contributed by atoms with E-state index in [0.717, 1.165) is 31.5 Å². The molecule has 2 heterocycles. The largest absolute Gasteiger partial charge is 0.508 e. The van der Waals surface area contributed by atoms with E-state index in [9.17, 15) is 5.11 Å². The lowest BCUT2D eigenvalue weighted by atomic mass is 9.84. The number of benzene rings is 2. The first kappa shape index (κ1) is 11.1. The minimum Gasteiger partial charge on any atom is -0.508 e. The lowest BCUT2D eigenvalue weighted by molar-refractivity contribution is 0.158. The lowest BCUT2D eigenvalue weighted by Crippen LogP contribution is -2.39. The minimum absolute atomic E-state index is 0.347. The molecule has 2 nitrogen and oxygen atoms in total. The van der Waals surface area contributed by atoms with Crippen LogP contribution in [0.5, 0.6) is 5.75 Å². The van der Waals surface area contributed by atoms with E-state index in [-0.39, 0.29) is 0 Å². The predicted octanol–water partition coefficient (Wildman–Crippen LogP) is 3.05. The second kappa shape index (κ2) is 4.10. The van der Waals surface area contributed by atoms with Crippen molar-refractivity contribution in [2.75, 3.05) is 6.54 Å². The number of rotatable bonds is 0. The van der Waals surface area contributed by atoms with Crippen molar-refractivity contribution in [1.29, 1.82) is 0 Å². The van der Waals surface area contributed by atoms with Crippen molar-refractivity contribution in [2.45, 2.75) is 25.4 Å². The molecule has 0 aromatic heterocycles. The van der Waals surface area contributed by atoms with E-state index in [1.807, 2.05) is 12.1 Å². The van der Waals surface area contributed by atoms with E-state index in [1.165, 1.54) is 16.7 Å². The third-order valence-electron chi connectivity index (χ3n) is 4.52. The highest BCUT2D eigenvalue weighted by Gasteiger charge is 2.33. The number of phenols is 1. The molecule has 0 saturated heterocycles. The number of aromatic hydroxyl groups is 1. The van der Waals surface area contributed by atoms with E-state index in [4.69, 9.17) is 0 Å². The van der Waals surface area contributed by atoms with E-state index in [0.29, 0.717) is 11.8 Å². The Bertz CT molecular complexity index is 635. The summed E-state index contributed by atoms with van der Waals surface area (Å²) in [4.78, 5) is 2.50. The van der Waals surface area contributed by atoms with Gasteiger partial charge in [0.25, 0.3) is 0 Å². The molecule has 2 aliphatic rings. The SMILES string of the molecule is Oc1cccc2c1[C@@H]1Cc3ccccc3CN1CC2. The van der Waals surface area contributed by atoms with Crippen LogP contribution < -0.4 is 0 Å². The molecule has 0 radical (unpaired) electrons. The van der Waals surface area contributed by atoms with Crippen molar-refractivity contribution in [3.63, 3.8) is 0 Å². The zero-order valence-electron chi connectivity index (χ0n) is 10.8. The van der Waals surface area contributed by atoms with Gasteiger partial charge in [-0.05, 0) is 35.6 Å². The molecule has 0 fully saturated rings. The number of nitrogens with zero attached hydrogens (tertiary/aromatic N) is 1. The highest BCUT2D eigenvalue weighted by Crippen LogP contribution is 2.41. The summed E-state index contributed by atoms with van der Waals surface area (Å²) in [5.41, 5.74) is 5.35. The second-order valence-corrected chi connectivity index (χ2v) is 5.56. The molecule has 96 valence electrons. The van der Waals surface area contributed by atoms with Crippen molar-refractivity contribution >= 4 is 0 Å². The Labute approximate surface area is 113 Å². The quantitative estimate of drug-likeness (QED) is 0.778. The van der Waals surface area contributed by atoms with Crippen molar-refractivity contribution in [2.24, 2.45) is 0 Å². The zero-order valence-corrected chi connectivity index (χ0v) is 10.8. The average molecular weight is 251 g/mol. The van der Waals surface area contributed by atoms with E-state index >= 15 is 0 Å². The van der Waals surface area contributed by atoms with E-state index < -0.39 is 0 Å². The Kier molecular flexibility index (Phi) is 2.39. The molecular weight excluding hydrogens is 234 g/mol. The summed E-state index contributed by atoms with van der Waals surface area (Å²) in [5.74, 6) is 0.464. The summed E-state index contributed by atoms with van der Waals surface area (Å²) in [6.07, 6.45) is 2.06. The molecule has 2 aliphatic heterocycles. The molecule has 1 atom stereocenters. The van der Waals surface area contributed by atoms with Gasteiger partial charge in [0.15, 0.2) is 0 Å². The fraction of sp³-hybridized carbons (Fsp3) is 0.294. The fourth-order valence-electron chi connectivity index (χ4n) is 3.56. The fourth-order valence-corrected chi connectivity index (χ4v) is 3.56. The van der Waals surface area contributed by atoms with Gasteiger partial charge in [-0.1, -0.05) is 36.4 Å². The molecule has 0 spiro atoms. The average Bonchev–Trinajstić information content (AvgIpc) is 2.45. The molecule has 0 bridgehead atoms. The standard InChI is InChI=1S/C17H17NO/c19-16-7-3-6-12-8-9-18-11-14-5-2-1-4-13(14)10-15(18)17(12)16/h1-7,15,19H,8-11H2/t15-/m0/s1. The Balaban J connectivity index is 1.82. The number of hydrogen-bond donors (Lipinski definition) is 1. The van der Waals surface area contributed by atoms with Gasteiger partial charge in [-0.25, -0.2) is 0 Å². The topological polar surface area (TPSA) is 23.5 Å². The van der Waals surface area contributed by atoms with Crippen LogP contribution >= 0.6 is 0 Å². The summed E-state index contributed by atoms with van der Waals surface area (Å²) in [6, 6.07) is 15.0. The lowest BCUT2D eigenvalue weighted by Gasteiger charge is -2.41. The molecule has 2 aromatic carbocycles. The number of hydrogen-bond acceptors (Lipinski definition) is 2. The second-order valence-electron chi connectivity index (χ2n) is 5.56. The van der Waals surface area contributed by atoms with Crippen molar-refractivity contribution < 1.29 is 5.11 Å². The number of fused-ring (bicyclic) bond motifs is 4. The molecule has 2 heteroatoms. The van der Waals surface area contributed by atoms with Gasteiger partial charge in [-0.15, -0.1) is 0 Å². The van der Waals surface area contributed by atoms with Crippen molar-refractivity contribution in [1.82, 2.24) is 4.90 Å². The van der Waals surface area contributed by atoms with Gasteiger partial charge in [0.2, 0.25) is 0 Å². The molecule has 19 heavy (non-hydrogen) atoms. The molecule has 0 amide bonds. The van der Waals surface area contributed by atoms with Gasteiger partial charge in [0.05, 0.1) is 0 Å². The third-order valence-corrected chi connectivity index (χ3v) is 4.52. The number of phenolic OH excluding ortho intramolecular Hbond substituents is 1. The summed E-state index contributed by atoms with van der Waals surface area (Å²) < 4.78 is 0. The van der Waals surface area contributed by atoms with Crippen LogP contribution in [0.1, 0.15) is 28.3 Å². The van der Waals surface area contributed by atoms with Crippen LogP contribution in [0.2, 0.25) is 0 Å². The summed E-state index contributed by atoms with van der Waals surface area (Å²) in [5, 5.41) is 10.2. The molecule has 0 saturated carbocycles. The van der Waals surface area contributed by atoms with Gasteiger partial charge >= 0.3 is 0 Å². The van der Waals surface area contributed by atoms with Crippen LogP contribution in [0.3, 0.4) is 0 Å². The molecule has 1 N–H and O–H groups in total. The monoisotopic (exact) mass is 251 g/mol. The predicted molar refractivity (Wildman–Crippen MR) is 75.1 cm³/mol. The van der Waals surface area contributed by atoms with E-state index in [2.05, 4.69) is 35.2 Å². The Hall–Kier alpha value is -1.80. The summed E-state index contributed by atoms with van der Waals surface area (Å²) >= 11 is 0. The van der Waals surface area contributed by atoms with Crippen molar-refractivity contribution in [3.05, 3.63) is 64.7 Å². The maximum absolute atomic E-state index is 10.2. The highest BCUT2D eigenvalue weighted by atomic mass is 16.3. The minimum atomic E-state index is 0.347. The normalized spacial score (nSPS) is 21.4. The third kappa shape index (κ3) is 1.67. The maximum atomic E-state index is 10.2. The van der Waals surface area contributed by atoms with Crippen LogP contribution in [-0.2, 0) is 19.4 Å². The van der Waals surface area contributed by atoms with Crippen LogP contribution in [0, 0.1) is 0 Å². The maximum Gasteiger partial charge on any atom is 0.120 e. The van der Waals surface area contributed by atoms with Crippen molar-refractivity contribution in [3.8, 4) is 5.75 Å². The van der Waals surface area contributed by atoms with Gasteiger partial charge < -0.3 is 5.11 Å². The van der Waals surface area contributed by atoms with E-state index in [1.54, 1.807) is 0 Å². The van der Waals surface area contributed by atoms with Crippen LogP contribution in [0.4, 0.5) is 0 Å². The van der Waals surface area contributed by atoms with Gasteiger partial charge in [-0.3, -0.25) is 4.90 Å². The molecule has 0 aliphatic carbocycles. The zero-order chi connectivity index (χ0) is 12.8. The Morgan fingerprint density at radius 2 is 1.74 bits per heavy atom. The molecule has 2 aromatic rings. The highest BCUT2D eigenvalue weighted by molar-refractivity contribution is 5.45. The summed E-state index contributed by atoms with van der Waals surface area (Å²) in [6.45, 7) is 2.10. The smallest absolute Gasteiger partial charge is 0.120 e. The molecule has 4 rings (SSSR count). The van der Waals surface area contributed by atoms with Gasteiger partial charge in [-0.2, -0.15) is 0 Å². The molecular formula is C17H17NO. The van der Waals surface area contributed by atoms with Gasteiger partial charge in [0.1, 0.15) is 5.75 Å². The first-order valence-corrected chi connectivity index (χ1v) is 6.94. The molecule has 0 unspecified atom stereocenters. The van der Waals surface area contributed by atoms with Crippen LogP contribution in [-0.4, -0.2) is 16.6 Å². The summed E-state index contributed by atoms with van der Waals surface area (Å²) in [7, 11) is 0. The van der Waals surface area contributed by atoms with Crippen LogP contribution in [0.15, 0.2) is 42.5 Å². The van der Waals surface area contributed by atoms with Gasteiger partial charge in [0, 0.05) is 24.7 Å². The Morgan fingerprint density at radius 1 is 0.947 bits per heavy atom. The first-order valence-electron chi connectivity index (χ1n) is 6.94. The first-order chi connectivity index (χ1) is 9.33. The van der Waals surface area contributed by atoms with Crippen LogP contribution in [0.25, 0.3) is 0 Å². The Morgan fingerprint density at radius 3 is 2.63 bits per heavy atom.